The third-order valence-corrected chi connectivity index (χ3v) is 4.18. The fourth-order valence-corrected chi connectivity index (χ4v) is 2.98. The number of benzene rings is 2. The Morgan fingerprint density at radius 1 is 1.05 bits per heavy atom. The molecule has 1 heterocycles. The second-order valence-corrected chi connectivity index (χ2v) is 5.50. The van der Waals surface area contributed by atoms with Crippen molar-refractivity contribution in [3.05, 3.63) is 59.0 Å². The minimum atomic E-state index is -0.405. The smallest absolute Gasteiger partial charge is 0.267 e. The van der Waals surface area contributed by atoms with Gasteiger partial charge in [0, 0.05) is 15.8 Å². The van der Waals surface area contributed by atoms with Crippen LogP contribution in [-0.2, 0) is 0 Å². The first-order valence-corrected chi connectivity index (χ1v) is 6.90. The number of nitrogens with two attached hydrogens (primary N) is 1. The number of rotatable bonds is 2. The lowest BCUT2D eigenvalue weighted by molar-refractivity contribution is 0.103. The lowest BCUT2D eigenvalue weighted by Crippen LogP contribution is -2.11. The van der Waals surface area contributed by atoms with Crippen molar-refractivity contribution in [1.29, 1.82) is 0 Å². The van der Waals surface area contributed by atoms with Gasteiger partial charge < -0.3 is 11.1 Å². The molecule has 106 valence electrons. The molecule has 1 aromatic heterocycles. The number of nitrogen functional groups attached to an aromatic ring is 1. The highest BCUT2D eigenvalue weighted by molar-refractivity contribution is 7.21. The van der Waals surface area contributed by atoms with E-state index in [1.807, 2.05) is 0 Å². The normalized spacial score (nSPS) is 10.8. The second kappa shape index (κ2) is 5.14. The van der Waals surface area contributed by atoms with Gasteiger partial charge in [0.25, 0.3) is 5.91 Å². The van der Waals surface area contributed by atoms with E-state index in [4.69, 9.17) is 5.73 Å². The van der Waals surface area contributed by atoms with Crippen LogP contribution in [0.15, 0.2) is 42.5 Å². The summed E-state index contributed by atoms with van der Waals surface area (Å²) in [4.78, 5) is 12.5. The molecule has 0 spiro atoms. The van der Waals surface area contributed by atoms with E-state index in [2.05, 4.69) is 5.32 Å². The summed E-state index contributed by atoms with van der Waals surface area (Å²) in [7, 11) is 0. The van der Waals surface area contributed by atoms with Crippen LogP contribution in [0.2, 0.25) is 0 Å². The molecule has 1 amide bonds. The summed E-state index contributed by atoms with van der Waals surface area (Å²) in [6, 6.07) is 9.61. The van der Waals surface area contributed by atoms with Crippen molar-refractivity contribution in [2.45, 2.75) is 0 Å². The third kappa shape index (κ3) is 2.57. The molecule has 3 aromatic rings. The molecule has 2 aromatic carbocycles. The number of hydrogen-bond donors (Lipinski definition) is 2. The molecule has 0 radical (unpaired) electrons. The van der Waals surface area contributed by atoms with Crippen molar-refractivity contribution in [2.75, 3.05) is 11.1 Å². The van der Waals surface area contributed by atoms with Crippen LogP contribution in [0.1, 0.15) is 9.67 Å². The minimum absolute atomic E-state index is 0.245. The van der Waals surface area contributed by atoms with Gasteiger partial charge in [0.15, 0.2) is 0 Å². The number of fused-ring (bicyclic) bond motifs is 1. The highest BCUT2D eigenvalue weighted by Crippen LogP contribution is 2.34. The fourth-order valence-electron chi connectivity index (χ4n) is 1.98. The van der Waals surface area contributed by atoms with Gasteiger partial charge in [-0.1, -0.05) is 0 Å². The van der Waals surface area contributed by atoms with Gasteiger partial charge in [0.2, 0.25) is 0 Å². The first-order chi connectivity index (χ1) is 10.0. The standard InChI is InChI=1S/C15H10F2N2OS/c16-8-1-4-10(5-2-8)19-15(20)14-13(18)11-7-9(17)3-6-12(11)21-14/h1-7H,18H2,(H,19,20). The molecule has 0 fully saturated rings. The SMILES string of the molecule is Nc1c(C(=O)Nc2ccc(F)cc2)sc2ccc(F)cc12. The van der Waals surface area contributed by atoms with Crippen LogP contribution < -0.4 is 11.1 Å². The van der Waals surface area contributed by atoms with Gasteiger partial charge in [-0.05, 0) is 42.5 Å². The molecule has 3 nitrogen and oxygen atoms in total. The number of thiophene rings is 1. The Hall–Kier alpha value is -2.47. The average molecular weight is 304 g/mol. The van der Waals surface area contributed by atoms with Crippen LogP contribution in [0, 0.1) is 11.6 Å². The molecule has 6 heteroatoms. The van der Waals surface area contributed by atoms with Gasteiger partial charge in [-0.3, -0.25) is 4.79 Å². The molecule has 0 saturated heterocycles. The molecule has 0 aliphatic rings. The maximum absolute atomic E-state index is 13.2. The van der Waals surface area contributed by atoms with Gasteiger partial charge in [-0.25, -0.2) is 8.78 Å². The molecule has 0 atom stereocenters. The molecular formula is C15H10F2N2OS. The highest BCUT2D eigenvalue weighted by Gasteiger charge is 2.17. The molecule has 0 aliphatic carbocycles. The third-order valence-electron chi connectivity index (χ3n) is 3.00. The number of amides is 1. The first-order valence-electron chi connectivity index (χ1n) is 6.09. The molecule has 3 N–H and O–H groups in total. The predicted octanol–water partition coefficient (Wildman–Crippen LogP) is 4.01. The summed E-state index contributed by atoms with van der Waals surface area (Å²) in [6.45, 7) is 0. The number of anilines is 2. The molecular weight excluding hydrogens is 294 g/mol. The quantitative estimate of drug-likeness (QED) is 0.751. The average Bonchev–Trinajstić information content (AvgIpc) is 2.79. The summed E-state index contributed by atoms with van der Waals surface area (Å²) in [5.74, 6) is -1.19. The van der Waals surface area contributed by atoms with Crippen molar-refractivity contribution in [3.63, 3.8) is 0 Å². The highest BCUT2D eigenvalue weighted by atomic mass is 32.1. The van der Waals surface area contributed by atoms with Crippen molar-refractivity contribution in [3.8, 4) is 0 Å². The largest absolute Gasteiger partial charge is 0.397 e. The van der Waals surface area contributed by atoms with Crippen molar-refractivity contribution >= 4 is 38.7 Å². The van der Waals surface area contributed by atoms with E-state index in [1.54, 1.807) is 6.07 Å². The van der Waals surface area contributed by atoms with E-state index in [-0.39, 0.29) is 11.5 Å². The molecule has 3 rings (SSSR count). The molecule has 0 unspecified atom stereocenters. The van der Waals surface area contributed by atoms with Crippen LogP contribution in [0.25, 0.3) is 10.1 Å². The topological polar surface area (TPSA) is 55.1 Å². The van der Waals surface area contributed by atoms with E-state index in [0.717, 1.165) is 4.70 Å². The number of carbonyl (C=O) groups excluding carboxylic acids is 1. The van der Waals surface area contributed by atoms with E-state index in [0.29, 0.717) is 16.0 Å². The van der Waals surface area contributed by atoms with Gasteiger partial charge in [0.1, 0.15) is 16.5 Å². The van der Waals surface area contributed by atoms with Crippen LogP contribution in [0.4, 0.5) is 20.2 Å². The first kappa shape index (κ1) is 13.5. The summed E-state index contributed by atoms with van der Waals surface area (Å²) in [5.41, 5.74) is 6.62. The van der Waals surface area contributed by atoms with Gasteiger partial charge >= 0.3 is 0 Å². The minimum Gasteiger partial charge on any atom is -0.397 e. The summed E-state index contributed by atoms with van der Waals surface area (Å²) in [5, 5.41) is 3.15. The van der Waals surface area contributed by atoms with E-state index >= 15 is 0 Å². The number of nitrogens with one attached hydrogen (secondary N) is 1. The Kier molecular flexibility index (Phi) is 3.31. The zero-order valence-corrected chi connectivity index (χ0v) is 11.5. The van der Waals surface area contributed by atoms with E-state index < -0.39 is 11.7 Å². The van der Waals surface area contributed by atoms with E-state index in [1.165, 1.54) is 47.7 Å². The Labute approximate surface area is 123 Å². The fraction of sp³-hybridized carbons (Fsp3) is 0. The molecule has 0 saturated carbocycles. The molecule has 21 heavy (non-hydrogen) atoms. The lowest BCUT2D eigenvalue weighted by Gasteiger charge is -2.04. The Morgan fingerprint density at radius 3 is 2.43 bits per heavy atom. The zero-order chi connectivity index (χ0) is 15.0. The number of carbonyl (C=O) groups is 1. The molecule has 0 aliphatic heterocycles. The van der Waals surface area contributed by atoms with Crippen LogP contribution in [-0.4, -0.2) is 5.91 Å². The Bertz CT molecular complexity index is 828. The Morgan fingerprint density at radius 2 is 1.71 bits per heavy atom. The lowest BCUT2D eigenvalue weighted by atomic mass is 10.2. The van der Waals surface area contributed by atoms with Crippen molar-refractivity contribution in [1.82, 2.24) is 0 Å². The Balaban J connectivity index is 1.94. The van der Waals surface area contributed by atoms with Crippen molar-refractivity contribution < 1.29 is 13.6 Å². The summed E-state index contributed by atoms with van der Waals surface area (Å²) >= 11 is 1.19. The number of halogens is 2. The van der Waals surface area contributed by atoms with Crippen molar-refractivity contribution in [2.24, 2.45) is 0 Å². The summed E-state index contributed by atoms with van der Waals surface area (Å²) < 4.78 is 26.8. The zero-order valence-electron chi connectivity index (χ0n) is 10.7. The monoisotopic (exact) mass is 304 g/mol. The maximum Gasteiger partial charge on any atom is 0.267 e. The van der Waals surface area contributed by atoms with E-state index in [9.17, 15) is 13.6 Å². The second-order valence-electron chi connectivity index (χ2n) is 4.45. The van der Waals surface area contributed by atoms with Crippen LogP contribution in [0.5, 0.6) is 0 Å². The van der Waals surface area contributed by atoms with Gasteiger partial charge in [-0.2, -0.15) is 0 Å². The molecule has 0 bridgehead atoms. The van der Waals surface area contributed by atoms with Gasteiger partial charge in [0.05, 0.1) is 5.69 Å². The summed E-state index contributed by atoms with van der Waals surface area (Å²) in [6.07, 6.45) is 0. The van der Waals surface area contributed by atoms with Gasteiger partial charge in [-0.15, -0.1) is 11.3 Å². The predicted molar refractivity (Wildman–Crippen MR) is 80.5 cm³/mol. The number of hydrogen-bond acceptors (Lipinski definition) is 3. The van der Waals surface area contributed by atoms with Crippen LogP contribution in [0.3, 0.4) is 0 Å². The van der Waals surface area contributed by atoms with Crippen LogP contribution >= 0.6 is 11.3 Å². The maximum atomic E-state index is 13.2.